The SMILES string of the molecule is CC(C)(C)OC(=O)N1C[C@H]2CCN(C(=O)/C=C/c3cccc(OC(F)(F)F)c3)CC[C@H]2C1. The van der Waals surface area contributed by atoms with Crippen molar-refractivity contribution in [3.63, 3.8) is 0 Å². The highest BCUT2D eigenvalue weighted by Gasteiger charge is 2.38. The topological polar surface area (TPSA) is 59.1 Å². The molecule has 0 aliphatic carbocycles. The summed E-state index contributed by atoms with van der Waals surface area (Å²) in [5.41, 5.74) is -0.0878. The zero-order valence-corrected chi connectivity index (χ0v) is 18.5. The number of rotatable bonds is 3. The van der Waals surface area contributed by atoms with Crippen molar-refractivity contribution < 1.29 is 32.2 Å². The van der Waals surface area contributed by atoms with E-state index in [0.717, 1.165) is 12.8 Å². The molecule has 2 saturated heterocycles. The fraction of sp³-hybridized carbons (Fsp3) is 0.565. The van der Waals surface area contributed by atoms with E-state index in [4.69, 9.17) is 4.74 Å². The van der Waals surface area contributed by atoms with Crippen molar-refractivity contribution in [2.75, 3.05) is 26.2 Å². The monoisotopic (exact) mass is 454 g/mol. The van der Waals surface area contributed by atoms with Gasteiger partial charge in [0, 0.05) is 32.3 Å². The second-order valence-corrected chi connectivity index (χ2v) is 9.26. The Labute approximate surface area is 186 Å². The molecular formula is C23H29F3N2O4. The molecule has 6 nitrogen and oxygen atoms in total. The van der Waals surface area contributed by atoms with E-state index < -0.39 is 12.0 Å². The largest absolute Gasteiger partial charge is 0.573 e. The molecule has 2 fully saturated rings. The van der Waals surface area contributed by atoms with Gasteiger partial charge in [0.25, 0.3) is 0 Å². The molecule has 0 unspecified atom stereocenters. The molecule has 176 valence electrons. The number of nitrogens with zero attached hydrogens (tertiary/aromatic N) is 2. The summed E-state index contributed by atoms with van der Waals surface area (Å²) in [6, 6.07) is 5.48. The number of fused-ring (bicyclic) bond motifs is 1. The van der Waals surface area contributed by atoms with Crippen LogP contribution in [0.3, 0.4) is 0 Å². The van der Waals surface area contributed by atoms with Gasteiger partial charge >= 0.3 is 12.5 Å². The van der Waals surface area contributed by atoms with Crippen molar-refractivity contribution in [2.24, 2.45) is 11.8 Å². The molecule has 2 atom stereocenters. The standard InChI is InChI=1S/C23H29F3N2O4/c1-22(2,3)32-21(30)28-14-17-9-11-27(12-10-18(17)15-28)20(29)8-7-16-5-4-6-19(13-16)31-23(24,25)26/h4-8,13,17-18H,9-12,14-15H2,1-3H3/b8-7+/t17-,18+. The van der Waals surface area contributed by atoms with Crippen LogP contribution in [0, 0.1) is 11.8 Å². The minimum atomic E-state index is -4.76. The Morgan fingerprint density at radius 1 is 1.03 bits per heavy atom. The highest BCUT2D eigenvalue weighted by Crippen LogP contribution is 2.32. The van der Waals surface area contributed by atoms with Crippen LogP contribution in [0.2, 0.25) is 0 Å². The summed E-state index contributed by atoms with van der Waals surface area (Å²) >= 11 is 0. The van der Waals surface area contributed by atoms with Crippen LogP contribution in [0.1, 0.15) is 39.2 Å². The average molecular weight is 454 g/mol. The Morgan fingerprint density at radius 2 is 1.66 bits per heavy atom. The predicted octanol–water partition coefficient (Wildman–Crippen LogP) is 4.70. The number of halogens is 3. The van der Waals surface area contributed by atoms with Gasteiger partial charge in [-0.2, -0.15) is 0 Å². The summed E-state index contributed by atoms with van der Waals surface area (Å²) in [4.78, 5) is 28.5. The third-order valence-electron chi connectivity index (χ3n) is 5.59. The lowest BCUT2D eigenvalue weighted by Gasteiger charge is -2.25. The molecule has 32 heavy (non-hydrogen) atoms. The summed E-state index contributed by atoms with van der Waals surface area (Å²) in [5, 5.41) is 0. The summed E-state index contributed by atoms with van der Waals surface area (Å²) in [5.74, 6) is 0.126. The van der Waals surface area contributed by atoms with Crippen molar-refractivity contribution in [1.29, 1.82) is 0 Å². The molecule has 2 heterocycles. The molecule has 2 amide bonds. The molecule has 1 aromatic carbocycles. The fourth-order valence-electron chi connectivity index (χ4n) is 4.13. The van der Waals surface area contributed by atoms with Crippen LogP contribution in [-0.4, -0.2) is 59.9 Å². The lowest BCUT2D eigenvalue weighted by Crippen LogP contribution is -2.36. The maximum atomic E-state index is 12.6. The molecule has 1 aromatic rings. The number of benzene rings is 1. The normalized spacial score (nSPS) is 21.9. The number of hydrogen-bond donors (Lipinski definition) is 0. The maximum absolute atomic E-state index is 12.6. The van der Waals surface area contributed by atoms with Crippen molar-refractivity contribution in [1.82, 2.24) is 9.80 Å². The number of ether oxygens (including phenoxy) is 2. The number of amides is 2. The van der Waals surface area contributed by atoms with Gasteiger partial charge in [-0.15, -0.1) is 13.2 Å². The summed E-state index contributed by atoms with van der Waals surface area (Å²) in [7, 11) is 0. The number of alkyl halides is 3. The molecule has 2 aliphatic rings. The van der Waals surface area contributed by atoms with Crippen LogP contribution in [0.5, 0.6) is 5.75 Å². The van der Waals surface area contributed by atoms with Crippen molar-refractivity contribution in [3.8, 4) is 5.75 Å². The fourth-order valence-corrected chi connectivity index (χ4v) is 4.13. The zero-order valence-electron chi connectivity index (χ0n) is 18.5. The molecule has 0 aromatic heterocycles. The zero-order chi connectivity index (χ0) is 23.5. The van der Waals surface area contributed by atoms with Gasteiger partial charge < -0.3 is 19.3 Å². The van der Waals surface area contributed by atoms with Gasteiger partial charge in [-0.25, -0.2) is 4.79 Å². The van der Waals surface area contributed by atoms with Crippen LogP contribution in [0.15, 0.2) is 30.3 Å². The van der Waals surface area contributed by atoms with E-state index in [2.05, 4.69) is 4.74 Å². The molecular weight excluding hydrogens is 425 g/mol. The van der Waals surface area contributed by atoms with Crippen LogP contribution in [-0.2, 0) is 9.53 Å². The Bertz CT molecular complexity index is 848. The molecule has 0 spiro atoms. The number of hydrogen-bond acceptors (Lipinski definition) is 4. The summed E-state index contributed by atoms with van der Waals surface area (Å²) in [6.45, 7) is 7.93. The lowest BCUT2D eigenvalue weighted by atomic mass is 9.92. The summed E-state index contributed by atoms with van der Waals surface area (Å²) in [6.07, 6.45) is -0.612. The highest BCUT2D eigenvalue weighted by molar-refractivity contribution is 5.91. The van der Waals surface area contributed by atoms with E-state index in [9.17, 15) is 22.8 Å². The van der Waals surface area contributed by atoms with Crippen molar-refractivity contribution >= 4 is 18.1 Å². The number of carbonyl (C=O) groups excluding carboxylic acids is 2. The molecule has 0 radical (unpaired) electrons. The van der Waals surface area contributed by atoms with Crippen LogP contribution in [0.25, 0.3) is 6.08 Å². The average Bonchev–Trinajstić information content (AvgIpc) is 2.97. The van der Waals surface area contributed by atoms with Gasteiger partial charge in [0.1, 0.15) is 11.4 Å². The first-order valence-electron chi connectivity index (χ1n) is 10.7. The van der Waals surface area contributed by atoms with Gasteiger partial charge in [0.05, 0.1) is 0 Å². The van der Waals surface area contributed by atoms with Crippen molar-refractivity contribution in [2.45, 2.75) is 45.6 Å². The molecule has 9 heteroatoms. The van der Waals surface area contributed by atoms with E-state index in [1.54, 1.807) is 15.9 Å². The Kier molecular flexibility index (Phi) is 7.05. The second kappa shape index (κ2) is 9.42. The molecule has 0 N–H and O–H groups in total. The van der Waals surface area contributed by atoms with Crippen LogP contribution < -0.4 is 4.74 Å². The Balaban J connectivity index is 1.53. The van der Waals surface area contributed by atoms with E-state index in [0.29, 0.717) is 43.6 Å². The van der Waals surface area contributed by atoms with E-state index in [-0.39, 0.29) is 17.7 Å². The maximum Gasteiger partial charge on any atom is 0.573 e. The van der Waals surface area contributed by atoms with Gasteiger partial charge in [0.2, 0.25) is 5.91 Å². The molecule has 2 aliphatic heterocycles. The van der Waals surface area contributed by atoms with Crippen molar-refractivity contribution in [3.05, 3.63) is 35.9 Å². The lowest BCUT2D eigenvalue weighted by molar-refractivity contribution is -0.274. The Hall–Kier alpha value is -2.71. The minimum Gasteiger partial charge on any atom is -0.444 e. The predicted molar refractivity (Wildman–Crippen MR) is 113 cm³/mol. The Morgan fingerprint density at radius 3 is 2.22 bits per heavy atom. The van der Waals surface area contributed by atoms with E-state index >= 15 is 0 Å². The molecule has 0 saturated carbocycles. The van der Waals surface area contributed by atoms with Gasteiger partial charge in [-0.3, -0.25) is 4.79 Å². The van der Waals surface area contributed by atoms with Gasteiger partial charge in [-0.05, 0) is 69.2 Å². The molecule has 0 bridgehead atoms. The number of carbonyl (C=O) groups is 2. The third kappa shape index (κ3) is 6.90. The first kappa shape index (κ1) is 23.9. The highest BCUT2D eigenvalue weighted by atomic mass is 19.4. The van der Waals surface area contributed by atoms with E-state index in [1.165, 1.54) is 30.4 Å². The minimum absolute atomic E-state index is 0.184. The van der Waals surface area contributed by atoms with Gasteiger partial charge in [0.15, 0.2) is 0 Å². The number of likely N-dealkylation sites (tertiary alicyclic amines) is 2. The first-order chi connectivity index (χ1) is 14.9. The van der Waals surface area contributed by atoms with Crippen LogP contribution >= 0.6 is 0 Å². The summed E-state index contributed by atoms with van der Waals surface area (Å²) < 4.78 is 46.5. The smallest absolute Gasteiger partial charge is 0.444 e. The molecule has 3 rings (SSSR count). The van der Waals surface area contributed by atoms with Crippen LogP contribution in [0.4, 0.5) is 18.0 Å². The second-order valence-electron chi connectivity index (χ2n) is 9.26. The van der Waals surface area contributed by atoms with E-state index in [1.807, 2.05) is 20.8 Å². The third-order valence-corrected chi connectivity index (χ3v) is 5.59. The first-order valence-corrected chi connectivity index (χ1v) is 10.7. The quantitative estimate of drug-likeness (QED) is 0.621. The van der Waals surface area contributed by atoms with Gasteiger partial charge in [-0.1, -0.05) is 12.1 Å².